The first-order valence-corrected chi connectivity index (χ1v) is 6.76. The third-order valence-corrected chi connectivity index (χ3v) is 3.89. The molecule has 1 atom stereocenters. The van der Waals surface area contributed by atoms with Crippen molar-refractivity contribution >= 4 is 17.0 Å². The minimum Gasteiger partial charge on any atom is -0.369 e. The van der Waals surface area contributed by atoms with Crippen LogP contribution >= 0.6 is 0 Å². The van der Waals surface area contributed by atoms with Crippen molar-refractivity contribution in [2.75, 3.05) is 5.73 Å². The summed E-state index contributed by atoms with van der Waals surface area (Å²) in [5.74, 6) is 0.819. The largest absolute Gasteiger partial charge is 0.369 e. The van der Waals surface area contributed by atoms with Crippen LogP contribution in [0.1, 0.15) is 35.5 Å². The molecule has 2 N–H and O–H groups in total. The van der Waals surface area contributed by atoms with Crippen molar-refractivity contribution in [3.8, 4) is 0 Å². The molecule has 0 saturated carbocycles. The number of hydrogen-bond acceptors (Lipinski definition) is 4. The van der Waals surface area contributed by atoms with E-state index in [9.17, 15) is 4.39 Å². The molecule has 0 radical (unpaired) electrons. The van der Waals surface area contributed by atoms with E-state index in [1.54, 1.807) is 13.0 Å². The fourth-order valence-electron chi connectivity index (χ4n) is 2.86. The highest BCUT2D eigenvalue weighted by molar-refractivity contribution is 5.79. The standard InChI is InChI=1S/C15H17FN4O/c1-7-5-13-12(6-11(7)16)18-15(17)20(13)9(3)14-8(2)19-21-10(14)4/h5-6,9H,1-4H3,(H2,17,18). The minimum atomic E-state index is -0.280. The maximum absolute atomic E-state index is 13.7. The Morgan fingerprint density at radius 1 is 1.29 bits per heavy atom. The van der Waals surface area contributed by atoms with Crippen LogP contribution in [0.15, 0.2) is 16.7 Å². The molecule has 0 fully saturated rings. The third-order valence-electron chi connectivity index (χ3n) is 3.89. The lowest BCUT2D eigenvalue weighted by Gasteiger charge is -2.16. The maximum atomic E-state index is 13.7. The third kappa shape index (κ3) is 1.98. The molecule has 0 aliphatic carbocycles. The monoisotopic (exact) mass is 288 g/mol. The summed E-state index contributed by atoms with van der Waals surface area (Å²) in [6.07, 6.45) is 0. The number of nitrogens with zero attached hydrogens (tertiary/aromatic N) is 3. The Hall–Kier alpha value is -2.37. The van der Waals surface area contributed by atoms with Gasteiger partial charge < -0.3 is 14.8 Å². The lowest BCUT2D eigenvalue weighted by atomic mass is 10.1. The number of benzene rings is 1. The molecule has 6 heteroatoms. The second-order valence-corrected chi connectivity index (χ2v) is 5.34. The van der Waals surface area contributed by atoms with Crippen LogP contribution in [0.3, 0.4) is 0 Å². The zero-order valence-corrected chi connectivity index (χ0v) is 12.4. The van der Waals surface area contributed by atoms with Crippen molar-refractivity contribution in [3.05, 3.63) is 40.5 Å². The van der Waals surface area contributed by atoms with Crippen molar-refractivity contribution in [2.24, 2.45) is 0 Å². The Kier molecular flexibility index (Phi) is 2.97. The Labute approximate surface area is 121 Å². The van der Waals surface area contributed by atoms with Crippen molar-refractivity contribution in [1.29, 1.82) is 0 Å². The van der Waals surface area contributed by atoms with Crippen LogP contribution < -0.4 is 5.73 Å². The van der Waals surface area contributed by atoms with Crippen molar-refractivity contribution < 1.29 is 8.91 Å². The van der Waals surface area contributed by atoms with Gasteiger partial charge in [0.25, 0.3) is 0 Å². The van der Waals surface area contributed by atoms with Gasteiger partial charge in [0.2, 0.25) is 5.95 Å². The molecule has 0 aliphatic heterocycles. The number of fused-ring (bicyclic) bond motifs is 1. The Morgan fingerprint density at radius 3 is 2.62 bits per heavy atom. The van der Waals surface area contributed by atoms with E-state index in [-0.39, 0.29) is 11.9 Å². The second-order valence-electron chi connectivity index (χ2n) is 5.34. The first-order valence-electron chi connectivity index (χ1n) is 6.76. The predicted molar refractivity (Wildman–Crippen MR) is 78.6 cm³/mol. The number of nitrogen functional groups attached to an aromatic ring is 1. The van der Waals surface area contributed by atoms with Gasteiger partial charge in [-0.3, -0.25) is 0 Å². The van der Waals surface area contributed by atoms with E-state index in [1.807, 2.05) is 25.3 Å². The molecule has 2 heterocycles. The summed E-state index contributed by atoms with van der Waals surface area (Å²) in [6.45, 7) is 7.49. The molecular weight excluding hydrogens is 271 g/mol. The molecule has 0 bridgehead atoms. The Morgan fingerprint density at radius 2 is 2.00 bits per heavy atom. The van der Waals surface area contributed by atoms with Gasteiger partial charge in [0.05, 0.1) is 22.8 Å². The van der Waals surface area contributed by atoms with Crippen molar-refractivity contribution in [3.63, 3.8) is 0 Å². The van der Waals surface area contributed by atoms with Crippen molar-refractivity contribution in [2.45, 2.75) is 33.7 Å². The van der Waals surface area contributed by atoms with Gasteiger partial charge in [-0.15, -0.1) is 0 Å². The zero-order valence-electron chi connectivity index (χ0n) is 12.4. The van der Waals surface area contributed by atoms with E-state index in [0.717, 1.165) is 22.5 Å². The average molecular weight is 288 g/mol. The number of aromatic nitrogens is 3. The Balaban J connectivity index is 2.25. The van der Waals surface area contributed by atoms with Gasteiger partial charge in [0.15, 0.2) is 0 Å². The molecule has 2 aromatic heterocycles. The topological polar surface area (TPSA) is 69.9 Å². The molecule has 21 heavy (non-hydrogen) atoms. The maximum Gasteiger partial charge on any atom is 0.201 e. The smallest absolute Gasteiger partial charge is 0.201 e. The number of halogens is 1. The number of rotatable bonds is 2. The highest BCUT2D eigenvalue weighted by atomic mass is 19.1. The summed E-state index contributed by atoms with van der Waals surface area (Å²) >= 11 is 0. The zero-order chi connectivity index (χ0) is 15.3. The fourth-order valence-corrected chi connectivity index (χ4v) is 2.86. The van der Waals surface area contributed by atoms with E-state index >= 15 is 0 Å². The number of nitrogens with two attached hydrogens (primary N) is 1. The van der Waals surface area contributed by atoms with Crippen LogP contribution in [0.5, 0.6) is 0 Å². The molecule has 0 aliphatic rings. The molecule has 5 nitrogen and oxygen atoms in total. The van der Waals surface area contributed by atoms with Crippen LogP contribution in [0.4, 0.5) is 10.3 Å². The molecular formula is C15H17FN4O. The van der Waals surface area contributed by atoms with Gasteiger partial charge in [0.1, 0.15) is 11.6 Å². The van der Waals surface area contributed by atoms with Crippen LogP contribution in [0, 0.1) is 26.6 Å². The number of anilines is 1. The van der Waals surface area contributed by atoms with Gasteiger partial charge in [-0.1, -0.05) is 5.16 Å². The van der Waals surface area contributed by atoms with Gasteiger partial charge >= 0.3 is 0 Å². The van der Waals surface area contributed by atoms with E-state index in [4.69, 9.17) is 10.3 Å². The van der Waals surface area contributed by atoms with E-state index in [0.29, 0.717) is 17.0 Å². The minimum absolute atomic E-state index is 0.0916. The fraction of sp³-hybridized carbons (Fsp3) is 0.333. The summed E-state index contributed by atoms with van der Waals surface area (Å²) in [5.41, 5.74) is 9.75. The number of imidazole rings is 1. The predicted octanol–water partition coefficient (Wildman–Crippen LogP) is 3.28. The summed E-state index contributed by atoms with van der Waals surface area (Å²) in [5, 5.41) is 3.98. The van der Waals surface area contributed by atoms with Crippen LogP contribution in [-0.2, 0) is 0 Å². The van der Waals surface area contributed by atoms with Gasteiger partial charge in [-0.25, -0.2) is 9.37 Å². The SMILES string of the molecule is Cc1cc2c(cc1F)nc(N)n2C(C)c1c(C)noc1C. The highest BCUT2D eigenvalue weighted by Gasteiger charge is 2.22. The molecule has 3 rings (SSSR count). The van der Waals surface area contributed by atoms with Gasteiger partial charge in [-0.05, 0) is 39.3 Å². The quantitative estimate of drug-likeness (QED) is 0.785. The molecule has 1 aromatic carbocycles. The number of hydrogen-bond donors (Lipinski definition) is 1. The molecule has 0 spiro atoms. The molecule has 0 saturated heterocycles. The summed E-state index contributed by atoms with van der Waals surface area (Å²) in [4.78, 5) is 4.26. The van der Waals surface area contributed by atoms with Crippen molar-refractivity contribution in [1.82, 2.24) is 14.7 Å². The van der Waals surface area contributed by atoms with Crippen LogP contribution in [-0.4, -0.2) is 14.7 Å². The molecule has 1 unspecified atom stereocenters. The molecule has 3 aromatic rings. The van der Waals surface area contributed by atoms with Crippen LogP contribution in [0.2, 0.25) is 0 Å². The molecule has 110 valence electrons. The first kappa shape index (κ1) is 13.6. The van der Waals surface area contributed by atoms with Gasteiger partial charge in [0, 0.05) is 11.6 Å². The lowest BCUT2D eigenvalue weighted by Crippen LogP contribution is -2.11. The van der Waals surface area contributed by atoms with Gasteiger partial charge in [-0.2, -0.15) is 0 Å². The Bertz CT molecular complexity index is 814. The van der Waals surface area contributed by atoms with E-state index in [2.05, 4.69) is 10.1 Å². The summed E-state index contributed by atoms with van der Waals surface area (Å²) in [6, 6.07) is 3.09. The first-order chi connectivity index (χ1) is 9.90. The number of aryl methyl sites for hydroxylation is 3. The lowest BCUT2D eigenvalue weighted by molar-refractivity contribution is 0.391. The molecule has 0 amide bonds. The summed E-state index contributed by atoms with van der Waals surface area (Å²) in [7, 11) is 0. The second kappa shape index (κ2) is 4.58. The summed E-state index contributed by atoms with van der Waals surface area (Å²) < 4.78 is 20.8. The highest BCUT2D eigenvalue weighted by Crippen LogP contribution is 2.31. The van der Waals surface area contributed by atoms with Crippen LogP contribution in [0.25, 0.3) is 11.0 Å². The van der Waals surface area contributed by atoms with E-state index in [1.165, 1.54) is 6.07 Å². The normalized spacial score (nSPS) is 13.0. The van der Waals surface area contributed by atoms with E-state index < -0.39 is 0 Å². The average Bonchev–Trinajstić information content (AvgIpc) is 2.89.